The summed E-state index contributed by atoms with van der Waals surface area (Å²) >= 11 is 1.58. The Hall–Kier alpha value is -2.31. The lowest BCUT2D eigenvalue weighted by molar-refractivity contribution is -0.192. The highest BCUT2D eigenvalue weighted by Gasteiger charge is 2.41. The first-order valence-corrected chi connectivity index (χ1v) is 10.5. The average molecular weight is 462 g/mol. The van der Waals surface area contributed by atoms with E-state index in [2.05, 4.69) is 20.0 Å². The van der Waals surface area contributed by atoms with Crippen molar-refractivity contribution in [3.63, 3.8) is 0 Å². The Kier molecular flexibility index (Phi) is 7.44. The molecule has 2 fully saturated rings. The molecule has 1 aromatic carbocycles. The van der Waals surface area contributed by atoms with Crippen LogP contribution in [-0.2, 0) is 16.1 Å². The van der Waals surface area contributed by atoms with Gasteiger partial charge in [0.2, 0.25) is 5.13 Å². The van der Waals surface area contributed by atoms with Crippen molar-refractivity contribution in [1.82, 2.24) is 15.1 Å². The Morgan fingerprint density at radius 2 is 1.94 bits per heavy atom. The fourth-order valence-corrected chi connectivity index (χ4v) is 4.31. The molecule has 0 aliphatic carbocycles. The zero-order valence-electron chi connectivity index (χ0n) is 16.5. The molecule has 0 amide bonds. The van der Waals surface area contributed by atoms with Gasteiger partial charge in [0.15, 0.2) is 0 Å². The van der Waals surface area contributed by atoms with Crippen LogP contribution in [0.1, 0.15) is 18.4 Å². The summed E-state index contributed by atoms with van der Waals surface area (Å²) in [5.74, 6) is -2.94. The smallest absolute Gasteiger partial charge is 0.475 e. The van der Waals surface area contributed by atoms with Gasteiger partial charge in [-0.3, -0.25) is 4.90 Å². The van der Waals surface area contributed by atoms with Crippen LogP contribution in [0.4, 0.5) is 22.7 Å². The summed E-state index contributed by atoms with van der Waals surface area (Å²) in [6.45, 7) is 5.27. The highest BCUT2D eigenvalue weighted by atomic mass is 32.1. The van der Waals surface area contributed by atoms with E-state index in [9.17, 15) is 17.6 Å². The zero-order valence-corrected chi connectivity index (χ0v) is 17.3. The maximum Gasteiger partial charge on any atom is 0.490 e. The molecule has 2 aliphatic heterocycles. The first-order valence-electron chi connectivity index (χ1n) is 9.59. The first kappa shape index (κ1) is 23.4. The predicted octanol–water partition coefficient (Wildman–Crippen LogP) is 3.18. The number of halogens is 4. The van der Waals surface area contributed by atoms with E-state index in [1.165, 1.54) is 12.1 Å². The Labute approximate surface area is 180 Å². The molecule has 2 aromatic rings. The van der Waals surface area contributed by atoms with Crippen LogP contribution in [0.15, 0.2) is 29.8 Å². The third-order valence-corrected chi connectivity index (χ3v) is 5.80. The van der Waals surface area contributed by atoms with Gasteiger partial charge < -0.3 is 14.7 Å². The van der Waals surface area contributed by atoms with Crippen molar-refractivity contribution in [1.29, 1.82) is 0 Å². The van der Waals surface area contributed by atoms with E-state index in [0.29, 0.717) is 0 Å². The van der Waals surface area contributed by atoms with Crippen LogP contribution in [0.5, 0.6) is 0 Å². The van der Waals surface area contributed by atoms with Gasteiger partial charge >= 0.3 is 12.1 Å². The number of rotatable bonds is 3. The normalized spacial score (nSPS) is 22.1. The lowest BCUT2D eigenvalue weighted by Crippen LogP contribution is -2.59. The first-order chi connectivity index (χ1) is 14.7. The van der Waals surface area contributed by atoms with E-state index in [1.807, 2.05) is 12.1 Å². The number of anilines is 1. The number of hydrogen-bond donors (Lipinski definition) is 1. The van der Waals surface area contributed by atoms with Gasteiger partial charge in [0.1, 0.15) is 11.3 Å². The van der Waals surface area contributed by atoms with Gasteiger partial charge in [-0.05, 0) is 30.5 Å². The molecular weight excluding hydrogens is 440 g/mol. The summed E-state index contributed by atoms with van der Waals surface area (Å²) in [6.07, 6.45) is -2.91. The number of morpholine rings is 1. The Morgan fingerprint density at radius 3 is 2.55 bits per heavy atom. The SMILES string of the molecule is Fc1ccc(CN2CCOC3(CCCN(c4nncs4)C3)C2)cc1.O=C(O)C(F)(F)F. The van der Waals surface area contributed by atoms with Crippen LogP contribution in [-0.4, -0.2) is 70.7 Å². The van der Waals surface area contributed by atoms with E-state index in [1.54, 1.807) is 16.8 Å². The molecule has 0 radical (unpaired) electrons. The van der Waals surface area contributed by atoms with Crippen molar-refractivity contribution in [2.45, 2.75) is 31.2 Å². The van der Waals surface area contributed by atoms with Crippen molar-refractivity contribution in [3.8, 4) is 0 Å². The van der Waals surface area contributed by atoms with Crippen LogP contribution in [0.25, 0.3) is 0 Å². The summed E-state index contributed by atoms with van der Waals surface area (Å²) < 4.78 is 51.1. The van der Waals surface area contributed by atoms with Gasteiger partial charge in [-0.1, -0.05) is 23.5 Å². The van der Waals surface area contributed by atoms with Gasteiger partial charge in [-0.25, -0.2) is 9.18 Å². The fraction of sp³-hybridized carbons (Fsp3) is 0.526. The zero-order chi connectivity index (χ0) is 22.5. The largest absolute Gasteiger partial charge is 0.490 e. The van der Waals surface area contributed by atoms with Crippen LogP contribution in [0.2, 0.25) is 0 Å². The van der Waals surface area contributed by atoms with Gasteiger partial charge in [0.25, 0.3) is 0 Å². The van der Waals surface area contributed by atoms with Crippen molar-refractivity contribution in [2.24, 2.45) is 0 Å². The van der Waals surface area contributed by atoms with Crippen molar-refractivity contribution in [2.75, 3.05) is 37.7 Å². The number of hydrogen-bond acceptors (Lipinski definition) is 7. The molecule has 170 valence electrons. The van der Waals surface area contributed by atoms with Crippen LogP contribution < -0.4 is 4.90 Å². The number of carboxylic acids is 1. The molecule has 0 bridgehead atoms. The van der Waals surface area contributed by atoms with Gasteiger partial charge in [-0.2, -0.15) is 13.2 Å². The Morgan fingerprint density at radius 1 is 1.23 bits per heavy atom. The summed E-state index contributed by atoms with van der Waals surface area (Å²) in [4.78, 5) is 13.6. The number of aromatic nitrogens is 2. The predicted molar refractivity (Wildman–Crippen MR) is 105 cm³/mol. The molecule has 0 saturated carbocycles. The van der Waals surface area contributed by atoms with Crippen LogP contribution in [0.3, 0.4) is 0 Å². The maximum absolute atomic E-state index is 13.1. The standard InChI is InChI=1S/C17H21FN4OS.C2HF3O2/c18-15-4-2-14(3-5-15)10-21-8-9-23-17(11-21)6-1-7-22(12-17)16-20-19-13-24-16;3-2(4,5)1(6)7/h2-5,13H,1,6-12H2;(H,6,7). The van der Waals surface area contributed by atoms with Crippen LogP contribution >= 0.6 is 11.3 Å². The number of nitrogens with zero attached hydrogens (tertiary/aromatic N) is 4. The van der Waals surface area contributed by atoms with Crippen molar-refractivity contribution >= 4 is 22.4 Å². The summed E-state index contributed by atoms with van der Waals surface area (Å²) in [5, 5.41) is 16.3. The number of carboxylic acid groups (broad SMARTS) is 1. The highest BCUT2D eigenvalue weighted by molar-refractivity contribution is 7.13. The minimum Gasteiger partial charge on any atom is -0.475 e. The topological polar surface area (TPSA) is 78.8 Å². The monoisotopic (exact) mass is 462 g/mol. The molecule has 1 aromatic heterocycles. The maximum atomic E-state index is 13.1. The third-order valence-electron chi connectivity index (χ3n) is 5.05. The quantitative estimate of drug-likeness (QED) is 0.702. The Bertz CT molecular complexity index is 847. The number of carbonyl (C=O) groups is 1. The van der Waals surface area contributed by atoms with Crippen molar-refractivity contribution < 1.29 is 32.2 Å². The minimum absolute atomic E-state index is 0.137. The molecule has 7 nitrogen and oxygen atoms in total. The van der Waals surface area contributed by atoms with Crippen LogP contribution in [0, 0.1) is 5.82 Å². The van der Waals surface area contributed by atoms with E-state index in [4.69, 9.17) is 14.6 Å². The summed E-state index contributed by atoms with van der Waals surface area (Å²) in [6, 6.07) is 6.80. The second-order valence-electron chi connectivity index (χ2n) is 7.42. The molecule has 1 spiro atoms. The third kappa shape index (κ3) is 6.58. The summed E-state index contributed by atoms with van der Waals surface area (Å²) in [5.41, 5.74) is 2.78. The van der Waals surface area contributed by atoms with E-state index < -0.39 is 12.1 Å². The van der Waals surface area contributed by atoms with Gasteiger partial charge in [0, 0.05) is 26.2 Å². The van der Waals surface area contributed by atoms with E-state index in [0.717, 1.165) is 62.9 Å². The highest BCUT2D eigenvalue weighted by Crippen LogP contribution is 2.32. The molecule has 31 heavy (non-hydrogen) atoms. The lowest BCUT2D eigenvalue weighted by Gasteiger charge is -2.48. The second-order valence-corrected chi connectivity index (χ2v) is 8.23. The molecule has 1 unspecified atom stereocenters. The molecule has 2 saturated heterocycles. The number of piperidine rings is 1. The number of ether oxygens (including phenoxy) is 1. The van der Waals surface area contributed by atoms with E-state index >= 15 is 0 Å². The molecule has 1 atom stereocenters. The van der Waals surface area contributed by atoms with E-state index in [-0.39, 0.29) is 11.4 Å². The minimum atomic E-state index is -5.08. The molecule has 4 rings (SSSR count). The lowest BCUT2D eigenvalue weighted by atomic mass is 9.90. The molecule has 1 N–H and O–H groups in total. The second kappa shape index (κ2) is 9.88. The average Bonchev–Trinajstić information content (AvgIpc) is 3.25. The molecule has 2 aliphatic rings. The molecular formula is C19H22F4N4O3S. The number of benzene rings is 1. The number of alkyl halides is 3. The van der Waals surface area contributed by atoms with Gasteiger partial charge in [-0.15, -0.1) is 10.2 Å². The van der Waals surface area contributed by atoms with Gasteiger partial charge in [0.05, 0.1) is 18.8 Å². The summed E-state index contributed by atoms with van der Waals surface area (Å²) in [7, 11) is 0. The molecule has 3 heterocycles. The number of aliphatic carboxylic acids is 1. The Balaban J connectivity index is 0.000000339. The molecule has 12 heteroatoms. The fourth-order valence-electron chi connectivity index (χ4n) is 3.72. The van der Waals surface area contributed by atoms with Crippen molar-refractivity contribution in [3.05, 3.63) is 41.2 Å².